The fourth-order valence-electron chi connectivity index (χ4n) is 2.06. The molecule has 20 heavy (non-hydrogen) atoms. The van der Waals surface area contributed by atoms with Crippen LogP contribution in [0.25, 0.3) is 0 Å². The summed E-state index contributed by atoms with van der Waals surface area (Å²) in [4.78, 5) is 15.6. The van der Waals surface area contributed by atoms with Crippen LogP contribution in [0.15, 0.2) is 47.7 Å². The van der Waals surface area contributed by atoms with Gasteiger partial charge in [-0.3, -0.25) is 9.36 Å². The van der Waals surface area contributed by atoms with Gasteiger partial charge in [0.05, 0.1) is 6.33 Å². The molecule has 0 aliphatic rings. The molecule has 1 unspecified atom stereocenters. The van der Waals surface area contributed by atoms with E-state index in [0.717, 1.165) is 5.56 Å². The van der Waals surface area contributed by atoms with E-state index in [1.165, 1.54) is 28.7 Å². The molecular weight excluding hydrogens is 250 g/mol. The monoisotopic (exact) mass is 271 g/mol. The summed E-state index contributed by atoms with van der Waals surface area (Å²) < 4.78 is 1.53. The van der Waals surface area contributed by atoms with Crippen molar-refractivity contribution in [1.82, 2.24) is 9.55 Å². The molecule has 0 radical (unpaired) electrons. The largest absolute Gasteiger partial charge is 0.322 e. The van der Waals surface area contributed by atoms with Crippen LogP contribution in [-0.2, 0) is 12.0 Å². The van der Waals surface area contributed by atoms with E-state index < -0.39 is 0 Å². The van der Waals surface area contributed by atoms with Gasteiger partial charge in [-0.05, 0) is 16.5 Å². The Balaban J connectivity index is 2.16. The van der Waals surface area contributed by atoms with Gasteiger partial charge in [0.2, 0.25) is 0 Å². The van der Waals surface area contributed by atoms with Gasteiger partial charge >= 0.3 is 0 Å². The van der Waals surface area contributed by atoms with Crippen molar-refractivity contribution in [3.63, 3.8) is 0 Å². The zero-order valence-electron chi connectivity index (χ0n) is 12.2. The molecule has 0 saturated heterocycles. The number of rotatable bonds is 3. The summed E-state index contributed by atoms with van der Waals surface area (Å²) in [6.45, 7) is 6.97. The number of benzene rings is 1. The molecule has 4 heteroatoms. The van der Waals surface area contributed by atoms with Crippen LogP contribution >= 0.6 is 0 Å². The minimum Gasteiger partial charge on any atom is -0.322 e. The Morgan fingerprint density at radius 1 is 1.20 bits per heavy atom. The molecule has 4 nitrogen and oxygen atoms in total. The van der Waals surface area contributed by atoms with Gasteiger partial charge in [-0.1, -0.05) is 45.0 Å². The molecule has 0 fully saturated rings. The van der Waals surface area contributed by atoms with Crippen molar-refractivity contribution in [1.29, 1.82) is 0 Å². The van der Waals surface area contributed by atoms with Gasteiger partial charge in [-0.25, -0.2) is 4.98 Å². The number of aromatic nitrogens is 2. The zero-order valence-corrected chi connectivity index (χ0v) is 12.2. The molecular formula is C16H21N3O. The van der Waals surface area contributed by atoms with Crippen LogP contribution in [0.3, 0.4) is 0 Å². The van der Waals surface area contributed by atoms with E-state index in [4.69, 9.17) is 5.73 Å². The third-order valence-electron chi connectivity index (χ3n) is 3.39. The van der Waals surface area contributed by atoms with Crippen LogP contribution in [0.4, 0.5) is 0 Å². The van der Waals surface area contributed by atoms with Gasteiger partial charge in [0.15, 0.2) is 0 Å². The van der Waals surface area contributed by atoms with Crippen LogP contribution in [0.2, 0.25) is 0 Å². The van der Waals surface area contributed by atoms with Gasteiger partial charge in [0.1, 0.15) is 0 Å². The topological polar surface area (TPSA) is 60.9 Å². The second kappa shape index (κ2) is 5.59. The maximum Gasteiger partial charge on any atom is 0.253 e. The third kappa shape index (κ3) is 3.33. The Morgan fingerprint density at radius 3 is 2.40 bits per heavy atom. The summed E-state index contributed by atoms with van der Waals surface area (Å²) in [7, 11) is 0. The molecule has 0 spiro atoms. The molecule has 0 bridgehead atoms. The molecule has 1 aromatic heterocycles. The Kier molecular flexibility index (Phi) is 4.04. The minimum absolute atomic E-state index is 0.0817. The molecule has 2 N–H and O–H groups in total. The maximum atomic E-state index is 11.6. The Hall–Kier alpha value is -1.94. The first-order valence-electron chi connectivity index (χ1n) is 6.74. The molecule has 0 amide bonds. The molecule has 1 heterocycles. The van der Waals surface area contributed by atoms with E-state index in [0.29, 0.717) is 6.54 Å². The van der Waals surface area contributed by atoms with Crippen molar-refractivity contribution in [2.24, 2.45) is 5.73 Å². The average molecular weight is 271 g/mol. The van der Waals surface area contributed by atoms with E-state index in [2.05, 4.69) is 37.9 Å². The second-order valence-electron chi connectivity index (χ2n) is 6.05. The van der Waals surface area contributed by atoms with Crippen molar-refractivity contribution in [2.75, 3.05) is 0 Å². The minimum atomic E-state index is -0.217. The summed E-state index contributed by atoms with van der Waals surface area (Å²) in [6.07, 6.45) is 3.01. The highest BCUT2D eigenvalue weighted by Crippen LogP contribution is 2.23. The predicted molar refractivity (Wildman–Crippen MR) is 80.6 cm³/mol. The van der Waals surface area contributed by atoms with Crippen molar-refractivity contribution < 1.29 is 0 Å². The van der Waals surface area contributed by atoms with Gasteiger partial charge in [0, 0.05) is 24.8 Å². The first-order valence-corrected chi connectivity index (χ1v) is 6.74. The molecule has 1 aromatic carbocycles. The van der Waals surface area contributed by atoms with Gasteiger partial charge in [-0.2, -0.15) is 0 Å². The fraction of sp³-hybridized carbons (Fsp3) is 0.375. The molecule has 0 aliphatic carbocycles. The lowest BCUT2D eigenvalue weighted by molar-refractivity contribution is 0.552. The SMILES string of the molecule is CC(C)(C)c1ccc(C(N)Cn2cnccc2=O)cc1. The summed E-state index contributed by atoms with van der Waals surface area (Å²) in [5.41, 5.74) is 8.51. The molecule has 2 rings (SSSR count). The van der Waals surface area contributed by atoms with Crippen LogP contribution in [0, 0.1) is 0 Å². The van der Waals surface area contributed by atoms with Crippen molar-refractivity contribution in [2.45, 2.75) is 38.8 Å². The highest BCUT2D eigenvalue weighted by molar-refractivity contribution is 5.29. The first kappa shape index (κ1) is 14.5. The molecule has 2 aromatic rings. The van der Waals surface area contributed by atoms with E-state index in [-0.39, 0.29) is 17.0 Å². The Labute approximate surface area is 119 Å². The number of hydrogen-bond acceptors (Lipinski definition) is 3. The first-order chi connectivity index (χ1) is 9.38. The summed E-state index contributed by atoms with van der Waals surface area (Å²) >= 11 is 0. The Morgan fingerprint density at radius 2 is 1.85 bits per heavy atom. The number of nitrogens with zero attached hydrogens (tertiary/aromatic N) is 2. The van der Waals surface area contributed by atoms with Crippen molar-refractivity contribution >= 4 is 0 Å². The van der Waals surface area contributed by atoms with Crippen LogP contribution in [0.1, 0.15) is 37.9 Å². The highest BCUT2D eigenvalue weighted by Gasteiger charge is 2.14. The van der Waals surface area contributed by atoms with Crippen LogP contribution < -0.4 is 11.3 Å². The van der Waals surface area contributed by atoms with Gasteiger partial charge < -0.3 is 5.73 Å². The third-order valence-corrected chi connectivity index (χ3v) is 3.39. The maximum absolute atomic E-state index is 11.6. The van der Waals surface area contributed by atoms with E-state index in [1.54, 1.807) is 0 Å². The molecule has 0 saturated carbocycles. The van der Waals surface area contributed by atoms with Gasteiger partial charge in [-0.15, -0.1) is 0 Å². The summed E-state index contributed by atoms with van der Waals surface area (Å²) in [5, 5.41) is 0. The normalized spacial score (nSPS) is 13.2. The van der Waals surface area contributed by atoms with Crippen LogP contribution in [-0.4, -0.2) is 9.55 Å². The number of hydrogen-bond donors (Lipinski definition) is 1. The lowest BCUT2D eigenvalue weighted by Gasteiger charge is -2.20. The summed E-state index contributed by atoms with van der Waals surface area (Å²) in [5.74, 6) is 0. The molecule has 106 valence electrons. The van der Waals surface area contributed by atoms with Crippen LogP contribution in [0.5, 0.6) is 0 Å². The van der Waals surface area contributed by atoms with E-state index >= 15 is 0 Å². The highest BCUT2D eigenvalue weighted by atomic mass is 16.1. The Bertz CT molecular complexity index is 623. The standard InChI is InChI=1S/C16H21N3O/c1-16(2,3)13-6-4-12(5-7-13)14(17)10-19-11-18-9-8-15(19)20/h4-9,11,14H,10,17H2,1-3H3. The summed E-state index contributed by atoms with van der Waals surface area (Å²) in [6, 6.07) is 9.49. The number of nitrogens with two attached hydrogens (primary N) is 1. The lowest BCUT2D eigenvalue weighted by atomic mass is 9.86. The fourth-order valence-corrected chi connectivity index (χ4v) is 2.06. The average Bonchev–Trinajstić information content (AvgIpc) is 2.40. The smallest absolute Gasteiger partial charge is 0.253 e. The quantitative estimate of drug-likeness (QED) is 0.931. The second-order valence-corrected chi connectivity index (χ2v) is 6.05. The zero-order chi connectivity index (χ0) is 14.8. The molecule has 0 aliphatic heterocycles. The van der Waals surface area contributed by atoms with E-state index in [9.17, 15) is 4.79 Å². The van der Waals surface area contributed by atoms with Crippen molar-refractivity contribution in [3.8, 4) is 0 Å². The van der Waals surface area contributed by atoms with Crippen molar-refractivity contribution in [3.05, 3.63) is 64.3 Å². The predicted octanol–water partition coefficient (Wildman–Crippen LogP) is 2.24. The molecule has 1 atom stereocenters. The van der Waals surface area contributed by atoms with Gasteiger partial charge in [0.25, 0.3) is 5.56 Å². The lowest BCUT2D eigenvalue weighted by Crippen LogP contribution is -2.26. The van der Waals surface area contributed by atoms with E-state index in [1.807, 2.05) is 12.1 Å².